The van der Waals surface area contributed by atoms with Gasteiger partial charge in [0.25, 0.3) is 0 Å². The number of benzene rings is 2. The number of allylic oxidation sites excluding steroid dienone is 4. The predicted octanol–water partition coefficient (Wildman–Crippen LogP) is 5.69. The minimum absolute atomic E-state index is 0.0741. The molecule has 1 heterocycles. The molecule has 2 aromatic rings. The Morgan fingerprint density at radius 3 is 1.90 bits per heavy atom. The molecular weight excluding hydrogens is 259 g/mol. The quantitative estimate of drug-likeness (QED) is 0.587. The van der Waals surface area contributed by atoms with Crippen LogP contribution in [-0.2, 0) is 12.3 Å². The molecule has 2 aromatic carbocycles. The van der Waals surface area contributed by atoms with Crippen molar-refractivity contribution < 1.29 is 0 Å². The molecule has 0 amide bonds. The monoisotopic (exact) mass is 276 g/mol. The molecule has 1 aliphatic carbocycles. The van der Waals surface area contributed by atoms with E-state index in [4.69, 9.17) is 0 Å². The van der Waals surface area contributed by atoms with Gasteiger partial charge in [-0.2, -0.15) is 0 Å². The second kappa shape index (κ2) is 5.04. The minimum atomic E-state index is -0.0741. The Labute approximate surface area is 121 Å². The van der Waals surface area contributed by atoms with Gasteiger partial charge < -0.3 is 0 Å². The normalized spacial score (nSPS) is 17.3. The number of hydrogen-bond donors (Lipinski definition) is 0. The molecular formula is C19H17P. The van der Waals surface area contributed by atoms with Gasteiger partial charge in [-0.05, 0) is 46.3 Å². The van der Waals surface area contributed by atoms with Crippen molar-refractivity contribution in [2.45, 2.75) is 18.7 Å². The highest BCUT2D eigenvalue weighted by Crippen LogP contribution is 2.57. The maximum Gasteiger partial charge on any atom is -0.00266 e. The molecule has 0 unspecified atom stereocenters. The molecule has 1 heteroatoms. The highest BCUT2D eigenvalue weighted by molar-refractivity contribution is 7.60. The van der Waals surface area contributed by atoms with Crippen LogP contribution in [0, 0.1) is 0 Å². The molecule has 0 saturated heterocycles. The van der Waals surface area contributed by atoms with Gasteiger partial charge in [-0.1, -0.05) is 74.7 Å². The summed E-state index contributed by atoms with van der Waals surface area (Å²) in [5, 5.41) is 1.66. The summed E-state index contributed by atoms with van der Waals surface area (Å²) >= 11 is 0. The molecule has 0 spiro atoms. The van der Waals surface area contributed by atoms with Crippen molar-refractivity contribution >= 4 is 7.92 Å². The maximum atomic E-state index is 2.35. The molecule has 0 nitrogen and oxygen atoms in total. The molecule has 0 fully saturated rings. The Bertz CT molecular complexity index is 662. The Morgan fingerprint density at radius 2 is 1.35 bits per heavy atom. The molecule has 4 rings (SSSR count). The average molecular weight is 276 g/mol. The van der Waals surface area contributed by atoms with Crippen molar-refractivity contribution in [3.63, 3.8) is 0 Å². The number of rotatable bonds is 1. The zero-order valence-electron chi connectivity index (χ0n) is 11.4. The van der Waals surface area contributed by atoms with Gasteiger partial charge in [0.05, 0.1) is 0 Å². The van der Waals surface area contributed by atoms with Crippen LogP contribution in [0.3, 0.4) is 0 Å². The van der Waals surface area contributed by atoms with Crippen molar-refractivity contribution in [3.05, 3.63) is 83.2 Å². The van der Waals surface area contributed by atoms with E-state index in [1.165, 1.54) is 34.6 Å². The summed E-state index contributed by atoms with van der Waals surface area (Å²) in [5.41, 5.74) is 5.94. The Kier molecular flexibility index (Phi) is 3.05. The van der Waals surface area contributed by atoms with E-state index in [0.717, 1.165) is 6.42 Å². The number of fused-ring (bicyclic) bond motifs is 3. The van der Waals surface area contributed by atoms with E-state index >= 15 is 0 Å². The van der Waals surface area contributed by atoms with Gasteiger partial charge in [0, 0.05) is 0 Å². The van der Waals surface area contributed by atoms with Gasteiger partial charge in [0.15, 0.2) is 0 Å². The van der Waals surface area contributed by atoms with Crippen LogP contribution in [-0.4, -0.2) is 0 Å². The first-order valence-electron chi connectivity index (χ1n) is 7.19. The summed E-state index contributed by atoms with van der Waals surface area (Å²) in [6.07, 6.45) is 10.5. The molecule has 0 radical (unpaired) electrons. The second-order valence-corrected chi connectivity index (χ2v) is 7.75. The SMILES string of the molecule is C1=CCC(P2Cc3ccccc3-c3ccccc3C2)=C1. The predicted molar refractivity (Wildman–Crippen MR) is 88.0 cm³/mol. The fraction of sp³-hybridized carbons (Fsp3) is 0.158. The van der Waals surface area contributed by atoms with Gasteiger partial charge in [0.1, 0.15) is 0 Å². The highest BCUT2D eigenvalue weighted by atomic mass is 31.1. The maximum absolute atomic E-state index is 2.35. The summed E-state index contributed by atoms with van der Waals surface area (Å²) in [4.78, 5) is 0. The molecule has 1 aliphatic heterocycles. The summed E-state index contributed by atoms with van der Waals surface area (Å²) in [5.74, 6) is 0. The smallest absolute Gasteiger partial charge is 0.00266 e. The Balaban J connectivity index is 1.85. The fourth-order valence-electron chi connectivity index (χ4n) is 3.18. The molecule has 0 saturated carbocycles. The third-order valence-corrected chi connectivity index (χ3v) is 6.79. The zero-order chi connectivity index (χ0) is 13.4. The molecule has 98 valence electrons. The summed E-state index contributed by atoms with van der Waals surface area (Å²) in [6.45, 7) is 0. The van der Waals surface area contributed by atoms with E-state index in [-0.39, 0.29) is 7.92 Å². The third kappa shape index (κ3) is 2.05. The summed E-state index contributed by atoms with van der Waals surface area (Å²) in [7, 11) is -0.0741. The highest BCUT2D eigenvalue weighted by Gasteiger charge is 2.22. The fourth-order valence-corrected chi connectivity index (χ4v) is 5.74. The van der Waals surface area contributed by atoms with E-state index < -0.39 is 0 Å². The van der Waals surface area contributed by atoms with E-state index in [0.29, 0.717) is 0 Å². The third-order valence-electron chi connectivity index (χ3n) is 4.21. The zero-order valence-corrected chi connectivity index (χ0v) is 12.3. The van der Waals surface area contributed by atoms with Crippen LogP contribution in [0.5, 0.6) is 0 Å². The van der Waals surface area contributed by atoms with Crippen molar-refractivity contribution in [1.82, 2.24) is 0 Å². The lowest BCUT2D eigenvalue weighted by Gasteiger charge is -2.17. The van der Waals surface area contributed by atoms with Gasteiger partial charge in [-0.15, -0.1) is 0 Å². The topological polar surface area (TPSA) is 0 Å². The van der Waals surface area contributed by atoms with Crippen LogP contribution in [0.1, 0.15) is 17.5 Å². The lowest BCUT2D eigenvalue weighted by molar-refractivity contribution is 1.32. The molecule has 0 atom stereocenters. The molecule has 0 N–H and O–H groups in total. The Hall–Kier alpha value is -1.65. The van der Waals surface area contributed by atoms with Gasteiger partial charge in [0.2, 0.25) is 0 Å². The standard InChI is InChI=1S/C19H17P/c1-5-11-18-15(7-1)13-20(17-9-3-4-10-17)14-16-8-2-6-12-19(16)18/h1-9,11-12H,10,13-14H2. The molecule has 20 heavy (non-hydrogen) atoms. The van der Waals surface area contributed by atoms with Crippen molar-refractivity contribution in [3.8, 4) is 11.1 Å². The summed E-state index contributed by atoms with van der Waals surface area (Å²) in [6, 6.07) is 17.9. The minimum Gasteiger partial charge on any atom is -0.0801 e. The average Bonchev–Trinajstić information content (AvgIpc) is 2.97. The second-order valence-electron chi connectivity index (χ2n) is 5.46. The van der Waals surface area contributed by atoms with Crippen LogP contribution >= 0.6 is 7.92 Å². The van der Waals surface area contributed by atoms with Crippen LogP contribution in [0.25, 0.3) is 11.1 Å². The first-order chi connectivity index (χ1) is 9.92. The van der Waals surface area contributed by atoms with Crippen LogP contribution in [0.4, 0.5) is 0 Å². The van der Waals surface area contributed by atoms with E-state index in [1.807, 2.05) is 0 Å². The first kappa shape index (κ1) is 12.1. The van der Waals surface area contributed by atoms with Crippen LogP contribution < -0.4 is 0 Å². The van der Waals surface area contributed by atoms with E-state index in [2.05, 4.69) is 66.8 Å². The largest absolute Gasteiger partial charge is 0.0801 e. The number of hydrogen-bond acceptors (Lipinski definition) is 0. The van der Waals surface area contributed by atoms with Gasteiger partial charge in [-0.3, -0.25) is 0 Å². The lowest BCUT2D eigenvalue weighted by atomic mass is 9.97. The van der Waals surface area contributed by atoms with E-state index in [1.54, 1.807) is 5.31 Å². The van der Waals surface area contributed by atoms with Crippen LogP contribution in [0.15, 0.2) is 72.1 Å². The summed E-state index contributed by atoms with van der Waals surface area (Å²) < 4.78 is 0. The van der Waals surface area contributed by atoms with Gasteiger partial charge >= 0.3 is 0 Å². The molecule has 2 aliphatic rings. The Morgan fingerprint density at radius 1 is 0.750 bits per heavy atom. The first-order valence-corrected chi connectivity index (χ1v) is 8.90. The van der Waals surface area contributed by atoms with Crippen molar-refractivity contribution in [2.24, 2.45) is 0 Å². The molecule has 0 aromatic heterocycles. The van der Waals surface area contributed by atoms with Crippen LogP contribution in [0.2, 0.25) is 0 Å². The van der Waals surface area contributed by atoms with E-state index in [9.17, 15) is 0 Å². The van der Waals surface area contributed by atoms with Crippen molar-refractivity contribution in [2.75, 3.05) is 0 Å². The van der Waals surface area contributed by atoms with Crippen molar-refractivity contribution in [1.29, 1.82) is 0 Å². The van der Waals surface area contributed by atoms with Gasteiger partial charge in [-0.25, -0.2) is 0 Å². The lowest BCUT2D eigenvalue weighted by Crippen LogP contribution is -1.88. The molecule has 0 bridgehead atoms.